The zero-order chi connectivity index (χ0) is 13.1. The van der Waals surface area contributed by atoms with Crippen molar-refractivity contribution in [2.24, 2.45) is 11.7 Å². The summed E-state index contributed by atoms with van der Waals surface area (Å²) in [5.41, 5.74) is 5.74. The van der Waals surface area contributed by atoms with Gasteiger partial charge in [-0.3, -0.25) is 0 Å². The fraction of sp³-hybridized carbons (Fsp3) is 1.00. The minimum Gasteiger partial charge on any atom is -0.329 e. The summed E-state index contributed by atoms with van der Waals surface area (Å²) in [4.78, 5) is 0. The molecule has 2 N–H and O–H groups in total. The van der Waals surface area contributed by atoms with Crippen LogP contribution in [0.3, 0.4) is 0 Å². The fourth-order valence-electron chi connectivity index (χ4n) is 2.55. The van der Waals surface area contributed by atoms with Crippen molar-refractivity contribution in [3.63, 3.8) is 0 Å². The van der Waals surface area contributed by atoms with Gasteiger partial charge in [0.15, 0.2) is 0 Å². The molecule has 1 aliphatic heterocycles. The number of hydrogen-bond acceptors (Lipinski definition) is 3. The van der Waals surface area contributed by atoms with Gasteiger partial charge in [-0.05, 0) is 18.8 Å². The first-order valence-corrected chi connectivity index (χ1v) is 7.85. The Morgan fingerprint density at radius 3 is 2.41 bits per heavy atom. The molecule has 5 nitrogen and oxygen atoms in total. The maximum atomic E-state index is 12.5. The van der Waals surface area contributed by atoms with Gasteiger partial charge in [-0.25, -0.2) is 0 Å². The molecule has 0 aromatic carbocycles. The van der Waals surface area contributed by atoms with Crippen LogP contribution in [0.5, 0.6) is 0 Å². The first-order valence-electron chi connectivity index (χ1n) is 6.46. The Hall–Kier alpha value is -0.170. The third-order valence-electron chi connectivity index (χ3n) is 3.63. The molecule has 2 unspecified atom stereocenters. The lowest BCUT2D eigenvalue weighted by molar-refractivity contribution is 0.181. The molecule has 1 aliphatic rings. The van der Waals surface area contributed by atoms with Crippen molar-refractivity contribution < 1.29 is 8.42 Å². The molecule has 0 aromatic heterocycles. The van der Waals surface area contributed by atoms with Crippen molar-refractivity contribution in [3.05, 3.63) is 0 Å². The predicted octanol–water partition coefficient (Wildman–Crippen LogP) is 0.632. The quantitative estimate of drug-likeness (QED) is 0.791. The summed E-state index contributed by atoms with van der Waals surface area (Å²) in [6.07, 6.45) is 1.99. The number of rotatable bonds is 5. The molecule has 6 heteroatoms. The number of hydrogen-bond donors (Lipinski definition) is 1. The van der Waals surface area contributed by atoms with Crippen LogP contribution in [0, 0.1) is 5.92 Å². The maximum Gasteiger partial charge on any atom is 0.282 e. The molecular formula is C11H25N3O2S. The number of nitrogens with two attached hydrogens (primary N) is 1. The second-order valence-electron chi connectivity index (χ2n) is 4.63. The van der Waals surface area contributed by atoms with E-state index in [1.807, 2.05) is 13.8 Å². The molecule has 0 bridgehead atoms. The monoisotopic (exact) mass is 263 g/mol. The van der Waals surface area contributed by atoms with Gasteiger partial charge in [0.2, 0.25) is 0 Å². The van der Waals surface area contributed by atoms with E-state index < -0.39 is 10.2 Å². The van der Waals surface area contributed by atoms with E-state index in [9.17, 15) is 8.42 Å². The van der Waals surface area contributed by atoms with E-state index in [0.29, 0.717) is 32.1 Å². The number of nitrogens with zero attached hydrogens (tertiary/aromatic N) is 2. The minimum atomic E-state index is -3.33. The zero-order valence-corrected chi connectivity index (χ0v) is 11.9. The van der Waals surface area contributed by atoms with Gasteiger partial charge >= 0.3 is 0 Å². The maximum absolute atomic E-state index is 12.5. The highest BCUT2D eigenvalue weighted by Gasteiger charge is 2.37. The number of piperidine rings is 1. The topological polar surface area (TPSA) is 66.6 Å². The molecule has 1 fully saturated rings. The average Bonchev–Trinajstić information content (AvgIpc) is 2.29. The molecule has 1 saturated heterocycles. The van der Waals surface area contributed by atoms with E-state index in [0.717, 1.165) is 12.8 Å². The minimum absolute atomic E-state index is 0.0469. The van der Waals surface area contributed by atoms with Crippen molar-refractivity contribution >= 4 is 10.2 Å². The first-order chi connectivity index (χ1) is 7.98. The van der Waals surface area contributed by atoms with E-state index in [1.54, 1.807) is 4.31 Å². The van der Waals surface area contributed by atoms with Gasteiger partial charge in [-0.15, -0.1) is 0 Å². The second kappa shape index (κ2) is 6.13. The smallest absolute Gasteiger partial charge is 0.282 e. The van der Waals surface area contributed by atoms with Crippen LogP contribution in [0.2, 0.25) is 0 Å². The van der Waals surface area contributed by atoms with Crippen LogP contribution in [-0.2, 0) is 10.2 Å². The van der Waals surface area contributed by atoms with Crippen molar-refractivity contribution in [2.45, 2.75) is 39.7 Å². The normalized spacial score (nSPS) is 27.6. The van der Waals surface area contributed by atoms with Crippen LogP contribution in [0.25, 0.3) is 0 Å². The molecule has 0 spiro atoms. The molecular weight excluding hydrogens is 238 g/mol. The Balaban J connectivity index is 2.95. The summed E-state index contributed by atoms with van der Waals surface area (Å²) in [5, 5.41) is 0. The van der Waals surface area contributed by atoms with E-state index >= 15 is 0 Å². The van der Waals surface area contributed by atoms with Crippen LogP contribution < -0.4 is 5.73 Å². The van der Waals surface area contributed by atoms with Gasteiger partial charge < -0.3 is 5.73 Å². The summed E-state index contributed by atoms with van der Waals surface area (Å²) in [6.45, 7) is 7.86. The summed E-state index contributed by atoms with van der Waals surface area (Å²) in [7, 11) is -3.33. The van der Waals surface area contributed by atoms with Crippen LogP contribution in [0.4, 0.5) is 0 Å². The molecule has 0 aromatic rings. The second-order valence-corrected chi connectivity index (χ2v) is 6.51. The predicted molar refractivity (Wildman–Crippen MR) is 69.8 cm³/mol. The van der Waals surface area contributed by atoms with Crippen LogP contribution in [0.15, 0.2) is 0 Å². The molecule has 1 heterocycles. The van der Waals surface area contributed by atoms with Gasteiger partial charge in [0, 0.05) is 32.2 Å². The largest absolute Gasteiger partial charge is 0.329 e. The fourth-order valence-corrected chi connectivity index (χ4v) is 4.49. The Labute approximate surface area is 105 Å². The standard InChI is InChI=1S/C11H25N3O2S/c1-4-13(5-2)17(15,16)14-8-6-7-10(3)11(14)9-12/h10-11H,4-9,12H2,1-3H3. The van der Waals surface area contributed by atoms with Crippen molar-refractivity contribution in [3.8, 4) is 0 Å². The molecule has 1 rings (SSSR count). The molecule has 102 valence electrons. The Morgan fingerprint density at radius 1 is 1.35 bits per heavy atom. The van der Waals surface area contributed by atoms with E-state index in [-0.39, 0.29) is 6.04 Å². The van der Waals surface area contributed by atoms with Crippen LogP contribution in [0.1, 0.15) is 33.6 Å². The van der Waals surface area contributed by atoms with E-state index in [2.05, 4.69) is 6.92 Å². The molecule has 17 heavy (non-hydrogen) atoms. The lowest BCUT2D eigenvalue weighted by atomic mass is 9.93. The highest BCUT2D eigenvalue weighted by atomic mass is 32.2. The molecule has 0 amide bonds. The molecule has 2 atom stereocenters. The summed E-state index contributed by atoms with van der Waals surface area (Å²) >= 11 is 0. The Kier molecular flexibility index (Phi) is 5.37. The lowest BCUT2D eigenvalue weighted by Gasteiger charge is -2.40. The summed E-state index contributed by atoms with van der Waals surface area (Å²) in [6, 6.07) is -0.0469. The Bertz CT molecular complexity index is 328. The average molecular weight is 263 g/mol. The van der Waals surface area contributed by atoms with Crippen molar-refractivity contribution in [1.82, 2.24) is 8.61 Å². The third-order valence-corrected chi connectivity index (χ3v) is 5.85. The Morgan fingerprint density at radius 2 is 1.94 bits per heavy atom. The molecule has 0 saturated carbocycles. The zero-order valence-electron chi connectivity index (χ0n) is 11.1. The van der Waals surface area contributed by atoms with Crippen LogP contribution >= 0.6 is 0 Å². The SMILES string of the molecule is CCN(CC)S(=O)(=O)N1CCCC(C)C1CN. The van der Waals surface area contributed by atoms with Crippen molar-refractivity contribution in [1.29, 1.82) is 0 Å². The molecule has 0 radical (unpaired) electrons. The van der Waals surface area contributed by atoms with Gasteiger partial charge in [0.05, 0.1) is 0 Å². The van der Waals surface area contributed by atoms with Crippen LogP contribution in [-0.4, -0.2) is 49.2 Å². The third kappa shape index (κ3) is 2.99. The van der Waals surface area contributed by atoms with E-state index in [4.69, 9.17) is 5.73 Å². The van der Waals surface area contributed by atoms with Gasteiger partial charge in [-0.1, -0.05) is 20.8 Å². The highest BCUT2D eigenvalue weighted by Crippen LogP contribution is 2.26. The molecule has 0 aliphatic carbocycles. The first kappa shape index (κ1) is 14.9. The lowest BCUT2D eigenvalue weighted by Crippen LogP contribution is -2.55. The van der Waals surface area contributed by atoms with Gasteiger partial charge in [0.25, 0.3) is 10.2 Å². The van der Waals surface area contributed by atoms with E-state index in [1.165, 1.54) is 4.31 Å². The summed E-state index contributed by atoms with van der Waals surface area (Å²) in [5.74, 6) is 0.346. The summed E-state index contributed by atoms with van der Waals surface area (Å²) < 4.78 is 28.0. The highest BCUT2D eigenvalue weighted by molar-refractivity contribution is 7.86. The van der Waals surface area contributed by atoms with Crippen molar-refractivity contribution in [2.75, 3.05) is 26.2 Å². The van der Waals surface area contributed by atoms with Gasteiger partial charge in [-0.2, -0.15) is 17.0 Å². The van der Waals surface area contributed by atoms with Gasteiger partial charge in [0.1, 0.15) is 0 Å².